The molecule has 0 bridgehead atoms. The fraction of sp³-hybridized carbons (Fsp3) is 0.393. The molecule has 0 fully saturated rings. The van der Waals surface area contributed by atoms with Crippen LogP contribution in [0, 0.1) is 10.1 Å². The lowest BCUT2D eigenvalue weighted by atomic mass is 10.1. The van der Waals surface area contributed by atoms with Gasteiger partial charge in [0.1, 0.15) is 5.69 Å². The summed E-state index contributed by atoms with van der Waals surface area (Å²) in [5.41, 5.74) is 8.47. The molecule has 208 valence electrons. The minimum Gasteiger partial charge on any atom is -0.478 e. The van der Waals surface area contributed by atoms with Gasteiger partial charge in [-0.15, -0.1) is 0 Å². The number of hydrogen-bond donors (Lipinski definition) is 2. The third-order valence-corrected chi connectivity index (χ3v) is 6.24. The first-order valence-corrected chi connectivity index (χ1v) is 13.1. The number of aromatic nitrogens is 2. The quantitative estimate of drug-likeness (QED) is 0.150. The van der Waals surface area contributed by atoms with E-state index >= 15 is 0 Å². The normalized spacial score (nSPS) is 11.0. The van der Waals surface area contributed by atoms with E-state index in [0.717, 1.165) is 55.1 Å². The Morgan fingerprint density at radius 3 is 2.36 bits per heavy atom. The maximum Gasteiger partial charge on any atom is 0.412 e. The molecule has 2 heterocycles. The number of amides is 1. The van der Waals surface area contributed by atoms with Crippen LogP contribution in [0.2, 0.25) is 0 Å². The van der Waals surface area contributed by atoms with Gasteiger partial charge in [-0.05, 0) is 43.1 Å². The van der Waals surface area contributed by atoms with E-state index in [4.69, 9.17) is 10.5 Å². The smallest absolute Gasteiger partial charge is 0.412 e. The second kappa shape index (κ2) is 14.1. The molecular weight excluding hydrogens is 500 g/mol. The lowest BCUT2D eigenvalue weighted by Gasteiger charge is -2.20. The van der Waals surface area contributed by atoms with E-state index in [1.54, 1.807) is 18.3 Å². The second-order valence-electron chi connectivity index (χ2n) is 9.16. The van der Waals surface area contributed by atoms with Gasteiger partial charge < -0.3 is 15.6 Å². The highest BCUT2D eigenvalue weighted by molar-refractivity contribution is 5.91. The highest BCUT2D eigenvalue weighted by Crippen LogP contribution is 2.36. The van der Waals surface area contributed by atoms with E-state index in [1.807, 2.05) is 19.1 Å². The summed E-state index contributed by atoms with van der Waals surface area (Å²) in [6.45, 7) is 9.40. The van der Waals surface area contributed by atoms with E-state index in [0.29, 0.717) is 12.2 Å². The summed E-state index contributed by atoms with van der Waals surface area (Å²) >= 11 is 0. The molecule has 0 saturated carbocycles. The van der Waals surface area contributed by atoms with Crippen molar-refractivity contribution in [3.63, 3.8) is 0 Å². The molecule has 0 unspecified atom stereocenters. The number of pyridine rings is 2. The zero-order chi connectivity index (χ0) is 28.4. The summed E-state index contributed by atoms with van der Waals surface area (Å²) in [7, 11) is 0. The van der Waals surface area contributed by atoms with Crippen LogP contribution in [0.25, 0.3) is 11.3 Å². The van der Waals surface area contributed by atoms with Crippen LogP contribution in [0.1, 0.15) is 51.2 Å². The third kappa shape index (κ3) is 7.87. The first-order chi connectivity index (χ1) is 18.8. The summed E-state index contributed by atoms with van der Waals surface area (Å²) < 4.78 is 5.55. The maximum absolute atomic E-state index is 12.2. The molecule has 0 atom stereocenters. The fourth-order valence-electron chi connectivity index (χ4n) is 4.14. The van der Waals surface area contributed by atoms with Crippen molar-refractivity contribution in [3.8, 4) is 17.1 Å². The topological polar surface area (TPSA) is 148 Å². The van der Waals surface area contributed by atoms with Gasteiger partial charge >= 0.3 is 11.8 Å². The number of nitrogens with two attached hydrogens (primary N) is 1. The summed E-state index contributed by atoms with van der Waals surface area (Å²) in [4.78, 5) is 34.9. The van der Waals surface area contributed by atoms with Gasteiger partial charge in [0.2, 0.25) is 11.7 Å². The SMILES string of the molecule is CCCCOc1cc(N(Cc2ccc(-c3ccc(CN(CC)CCC)cc3)nc2)C(=O)O)c([N+](=O)[O-])c(N)n1. The zero-order valence-electron chi connectivity index (χ0n) is 22.7. The molecule has 1 aromatic carbocycles. The summed E-state index contributed by atoms with van der Waals surface area (Å²) in [6, 6.07) is 13.0. The summed E-state index contributed by atoms with van der Waals surface area (Å²) in [6.07, 6.45) is 2.91. The number of anilines is 2. The van der Waals surface area contributed by atoms with E-state index in [9.17, 15) is 20.0 Å². The Labute approximate surface area is 228 Å². The van der Waals surface area contributed by atoms with Crippen molar-refractivity contribution in [3.05, 3.63) is 69.9 Å². The molecule has 0 aliphatic rings. The van der Waals surface area contributed by atoms with Crippen molar-refractivity contribution in [2.24, 2.45) is 0 Å². The molecule has 3 rings (SSSR count). The molecule has 3 aromatic rings. The number of ether oxygens (including phenoxy) is 1. The lowest BCUT2D eigenvalue weighted by molar-refractivity contribution is -0.383. The van der Waals surface area contributed by atoms with Gasteiger partial charge in [-0.25, -0.2) is 4.79 Å². The Morgan fingerprint density at radius 1 is 1.08 bits per heavy atom. The maximum atomic E-state index is 12.2. The molecule has 3 N–H and O–H groups in total. The van der Waals surface area contributed by atoms with Crippen LogP contribution >= 0.6 is 0 Å². The number of rotatable bonds is 14. The lowest BCUT2D eigenvalue weighted by Crippen LogP contribution is -2.29. The number of carboxylic acid groups (broad SMARTS) is 1. The minimum absolute atomic E-state index is 0.0291. The van der Waals surface area contributed by atoms with Crippen molar-refractivity contribution in [1.29, 1.82) is 0 Å². The molecule has 11 heteroatoms. The predicted molar refractivity (Wildman–Crippen MR) is 151 cm³/mol. The number of hydrogen-bond acceptors (Lipinski definition) is 8. The van der Waals surface area contributed by atoms with Crippen LogP contribution in [-0.4, -0.2) is 50.7 Å². The number of nitro groups is 1. The van der Waals surface area contributed by atoms with Crippen LogP contribution in [0.3, 0.4) is 0 Å². The zero-order valence-corrected chi connectivity index (χ0v) is 22.7. The van der Waals surface area contributed by atoms with Crippen molar-refractivity contribution in [2.45, 2.75) is 53.1 Å². The van der Waals surface area contributed by atoms with Crippen molar-refractivity contribution >= 4 is 23.3 Å². The summed E-state index contributed by atoms with van der Waals surface area (Å²) in [5.74, 6) is -0.384. The molecule has 0 saturated heterocycles. The molecule has 1 amide bonds. The largest absolute Gasteiger partial charge is 0.478 e. The number of carbonyl (C=O) groups is 1. The first kappa shape index (κ1) is 29.3. The number of benzene rings is 1. The van der Waals surface area contributed by atoms with Gasteiger partial charge in [0.15, 0.2) is 0 Å². The molecule has 0 aliphatic carbocycles. The second-order valence-corrected chi connectivity index (χ2v) is 9.16. The van der Waals surface area contributed by atoms with Crippen LogP contribution in [0.4, 0.5) is 22.0 Å². The number of unbranched alkanes of at least 4 members (excludes halogenated alkanes) is 1. The predicted octanol–water partition coefficient (Wildman–Crippen LogP) is 5.73. The van der Waals surface area contributed by atoms with E-state index < -0.39 is 22.5 Å². The Kier molecular flexibility index (Phi) is 10.6. The Morgan fingerprint density at radius 2 is 1.79 bits per heavy atom. The van der Waals surface area contributed by atoms with Gasteiger partial charge in [0, 0.05) is 24.4 Å². The van der Waals surface area contributed by atoms with E-state index in [1.165, 1.54) is 11.6 Å². The monoisotopic (exact) mass is 536 g/mol. The van der Waals surface area contributed by atoms with Gasteiger partial charge in [-0.3, -0.25) is 24.9 Å². The molecule has 0 spiro atoms. The van der Waals surface area contributed by atoms with Crippen molar-refractivity contribution in [1.82, 2.24) is 14.9 Å². The molecule has 0 aliphatic heterocycles. The van der Waals surface area contributed by atoms with Gasteiger partial charge in [-0.2, -0.15) is 4.98 Å². The van der Waals surface area contributed by atoms with E-state index in [2.05, 4.69) is 40.8 Å². The summed E-state index contributed by atoms with van der Waals surface area (Å²) in [5, 5.41) is 21.7. The van der Waals surface area contributed by atoms with Crippen molar-refractivity contribution < 1.29 is 19.6 Å². The van der Waals surface area contributed by atoms with Gasteiger partial charge in [-0.1, -0.05) is 57.5 Å². The third-order valence-electron chi connectivity index (χ3n) is 6.24. The Bertz CT molecular complexity index is 1250. The highest BCUT2D eigenvalue weighted by Gasteiger charge is 2.29. The average molecular weight is 537 g/mol. The van der Waals surface area contributed by atoms with Crippen LogP contribution in [0.15, 0.2) is 48.7 Å². The van der Waals surface area contributed by atoms with E-state index in [-0.39, 0.29) is 18.1 Å². The molecule has 2 aromatic heterocycles. The first-order valence-electron chi connectivity index (χ1n) is 13.1. The standard InChI is InChI=1S/C28H36N6O5/c1-4-7-15-39-25-16-24(26(34(37)38)27(29)31-25)33(28(35)36)19-21-10-13-23(30-17-21)22-11-8-20(9-12-22)18-32(6-3)14-5-2/h8-13,16-17H,4-7,14-15,18-19H2,1-3H3,(H2,29,31)(H,35,36). The van der Waals surface area contributed by atoms with Gasteiger partial charge in [0.05, 0.1) is 23.8 Å². The molecule has 0 radical (unpaired) electrons. The van der Waals surface area contributed by atoms with Gasteiger partial charge in [0.25, 0.3) is 0 Å². The highest BCUT2D eigenvalue weighted by atomic mass is 16.6. The Hall–Kier alpha value is -4.25. The van der Waals surface area contributed by atoms with Crippen LogP contribution in [0.5, 0.6) is 5.88 Å². The van der Waals surface area contributed by atoms with Crippen LogP contribution < -0.4 is 15.4 Å². The minimum atomic E-state index is -1.38. The molecule has 11 nitrogen and oxygen atoms in total. The number of nitrogen functional groups attached to an aromatic ring is 1. The van der Waals surface area contributed by atoms with Crippen LogP contribution in [-0.2, 0) is 13.1 Å². The molecule has 39 heavy (non-hydrogen) atoms. The molecular formula is C28H36N6O5. The average Bonchev–Trinajstić information content (AvgIpc) is 2.91. The van der Waals surface area contributed by atoms with Crippen molar-refractivity contribution in [2.75, 3.05) is 30.3 Å². The number of nitrogens with zero attached hydrogens (tertiary/aromatic N) is 5. The Balaban J connectivity index is 1.82. The fourth-order valence-corrected chi connectivity index (χ4v) is 4.14.